The SMILES string of the molecule is N#Cc1ccc(OCCOC(=O)c2ccc(OCC3CCCO3)cc2)cc1. The summed E-state index contributed by atoms with van der Waals surface area (Å²) in [6, 6.07) is 15.6. The molecule has 0 radical (unpaired) electrons. The van der Waals surface area contributed by atoms with Crippen LogP contribution in [-0.2, 0) is 9.47 Å². The monoisotopic (exact) mass is 367 g/mol. The number of carbonyl (C=O) groups is 1. The number of benzene rings is 2. The normalized spacial score (nSPS) is 15.7. The third-order valence-electron chi connectivity index (χ3n) is 4.12. The van der Waals surface area contributed by atoms with Gasteiger partial charge in [-0.3, -0.25) is 0 Å². The molecule has 1 aliphatic rings. The van der Waals surface area contributed by atoms with Crippen LogP contribution in [0, 0.1) is 11.3 Å². The van der Waals surface area contributed by atoms with Crippen LogP contribution in [0.3, 0.4) is 0 Å². The summed E-state index contributed by atoms with van der Waals surface area (Å²) in [5.41, 5.74) is 1.02. The maximum atomic E-state index is 12.0. The molecule has 6 heteroatoms. The summed E-state index contributed by atoms with van der Waals surface area (Å²) in [5.74, 6) is 0.910. The number of carbonyl (C=O) groups excluding carboxylic acids is 1. The van der Waals surface area contributed by atoms with E-state index in [1.807, 2.05) is 6.07 Å². The average Bonchev–Trinajstić information content (AvgIpc) is 3.24. The first kappa shape index (κ1) is 18.7. The van der Waals surface area contributed by atoms with E-state index in [1.54, 1.807) is 48.5 Å². The van der Waals surface area contributed by atoms with Gasteiger partial charge in [0.1, 0.15) is 31.3 Å². The molecule has 1 saturated heterocycles. The lowest BCUT2D eigenvalue weighted by Crippen LogP contribution is -2.16. The van der Waals surface area contributed by atoms with Crippen molar-refractivity contribution in [2.75, 3.05) is 26.4 Å². The molecule has 1 heterocycles. The van der Waals surface area contributed by atoms with Gasteiger partial charge in [-0.2, -0.15) is 5.26 Å². The van der Waals surface area contributed by atoms with E-state index in [0.29, 0.717) is 29.2 Å². The van der Waals surface area contributed by atoms with Gasteiger partial charge in [-0.05, 0) is 61.4 Å². The van der Waals surface area contributed by atoms with E-state index >= 15 is 0 Å². The van der Waals surface area contributed by atoms with Gasteiger partial charge in [-0.1, -0.05) is 0 Å². The van der Waals surface area contributed by atoms with Gasteiger partial charge < -0.3 is 18.9 Å². The molecule has 0 N–H and O–H groups in total. The summed E-state index contributed by atoms with van der Waals surface area (Å²) in [7, 11) is 0. The first-order valence-corrected chi connectivity index (χ1v) is 8.89. The Labute approximate surface area is 158 Å². The number of hydrogen-bond donors (Lipinski definition) is 0. The number of nitrogens with zero attached hydrogens (tertiary/aromatic N) is 1. The van der Waals surface area contributed by atoms with Gasteiger partial charge in [-0.15, -0.1) is 0 Å². The summed E-state index contributed by atoms with van der Waals surface area (Å²) in [6.07, 6.45) is 2.26. The standard InChI is InChI=1S/C21H21NO5/c22-14-16-3-7-18(8-4-16)25-12-13-26-21(23)17-5-9-19(10-6-17)27-15-20-2-1-11-24-20/h3-10,20H,1-2,11-13,15H2. The van der Waals surface area contributed by atoms with Crippen LogP contribution in [0.2, 0.25) is 0 Å². The van der Waals surface area contributed by atoms with E-state index in [1.165, 1.54) is 0 Å². The fourth-order valence-electron chi connectivity index (χ4n) is 2.66. The van der Waals surface area contributed by atoms with E-state index in [0.717, 1.165) is 19.4 Å². The van der Waals surface area contributed by atoms with Crippen LogP contribution in [0.15, 0.2) is 48.5 Å². The zero-order chi connectivity index (χ0) is 18.9. The molecule has 0 amide bonds. The minimum atomic E-state index is -0.413. The zero-order valence-electron chi connectivity index (χ0n) is 14.9. The predicted molar refractivity (Wildman–Crippen MR) is 97.8 cm³/mol. The van der Waals surface area contributed by atoms with Crippen LogP contribution in [0.25, 0.3) is 0 Å². The van der Waals surface area contributed by atoms with Crippen molar-refractivity contribution in [3.63, 3.8) is 0 Å². The number of ether oxygens (including phenoxy) is 4. The Morgan fingerprint density at radius 1 is 1.04 bits per heavy atom. The highest BCUT2D eigenvalue weighted by atomic mass is 16.6. The second kappa shape index (κ2) is 9.60. The van der Waals surface area contributed by atoms with Crippen molar-refractivity contribution in [1.82, 2.24) is 0 Å². The Kier molecular flexibility index (Phi) is 6.66. The first-order chi connectivity index (χ1) is 13.2. The van der Waals surface area contributed by atoms with E-state index in [-0.39, 0.29) is 19.3 Å². The lowest BCUT2D eigenvalue weighted by molar-refractivity contribution is 0.0450. The van der Waals surface area contributed by atoms with Crippen LogP contribution >= 0.6 is 0 Å². The van der Waals surface area contributed by atoms with Gasteiger partial charge in [0.25, 0.3) is 0 Å². The molecule has 0 bridgehead atoms. The summed E-state index contributed by atoms with van der Waals surface area (Å²) >= 11 is 0. The smallest absolute Gasteiger partial charge is 0.338 e. The van der Waals surface area contributed by atoms with E-state index in [4.69, 9.17) is 24.2 Å². The molecular formula is C21H21NO5. The second-order valence-corrected chi connectivity index (χ2v) is 6.09. The van der Waals surface area contributed by atoms with Gasteiger partial charge in [0, 0.05) is 6.61 Å². The van der Waals surface area contributed by atoms with E-state index in [2.05, 4.69) is 0 Å². The first-order valence-electron chi connectivity index (χ1n) is 8.89. The lowest BCUT2D eigenvalue weighted by Gasteiger charge is -2.11. The Balaban J connectivity index is 1.37. The maximum Gasteiger partial charge on any atom is 0.338 e. The maximum absolute atomic E-state index is 12.0. The van der Waals surface area contributed by atoms with Gasteiger partial charge >= 0.3 is 5.97 Å². The van der Waals surface area contributed by atoms with Crippen molar-refractivity contribution in [2.24, 2.45) is 0 Å². The van der Waals surface area contributed by atoms with Crippen molar-refractivity contribution >= 4 is 5.97 Å². The molecule has 0 saturated carbocycles. The van der Waals surface area contributed by atoms with E-state index in [9.17, 15) is 4.79 Å². The molecule has 0 aliphatic carbocycles. The van der Waals surface area contributed by atoms with E-state index < -0.39 is 5.97 Å². The lowest BCUT2D eigenvalue weighted by atomic mass is 10.2. The van der Waals surface area contributed by atoms with Gasteiger partial charge in [0.05, 0.1) is 23.3 Å². The van der Waals surface area contributed by atoms with Crippen LogP contribution in [0.1, 0.15) is 28.8 Å². The molecule has 1 unspecified atom stereocenters. The van der Waals surface area contributed by atoms with Crippen molar-refractivity contribution in [1.29, 1.82) is 5.26 Å². The van der Waals surface area contributed by atoms with Crippen LogP contribution in [0.4, 0.5) is 0 Å². The summed E-state index contributed by atoms with van der Waals surface area (Å²) < 4.78 is 21.9. The molecule has 1 aliphatic heterocycles. The number of nitriles is 1. The molecule has 6 nitrogen and oxygen atoms in total. The molecule has 0 aromatic heterocycles. The number of rotatable bonds is 8. The predicted octanol–water partition coefficient (Wildman–Crippen LogP) is 3.35. The van der Waals surface area contributed by atoms with Gasteiger partial charge in [-0.25, -0.2) is 4.79 Å². The van der Waals surface area contributed by atoms with Crippen molar-refractivity contribution < 1.29 is 23.7 Å². The highest BCUT2D eigenvalue weighted by molar-refractivity contribution is 5.89. The molecule has 2 aromatic carbocycles. The van der Waals surface area contributed by atoms with Crippen LogP contribution < -0.4 is 9.47 Å². The molecule has 1 atom stereocenters. The molecule has 27 heavy (non-hydrogen) atoms. The fraction of sp³-hybridized carbons (Fsp3) is 0.333. The molecule has 3 rings (SSSR count). The average molecular weight is 367 g/mol. The molecular weight excluding hydrogens is 346 g/mol. The third kappa shape index (κ3) is 5.73. The van der Waals surface area contributed by atoms with Crippen LogP contribution in [-0.4, -0.2) is 38.5 Å². The summed E-state index contributed by atoms with van der Waals surface area (Å²) in [5, 5.41) is 8.75. The van der Waals surface area contributed by atoms with Gasteiger partial charge in [0.15, 0.2) is 0 Å². The summed E-state index contributed by atoms with van der Waals surface area (Å²) in [6.45, 7) is 1.69. The topological polar surface area (TPSA) is 77.8 Å². The Morgan fingerprint density at radius 3 is 2.41 bits per heavy atom. The molecule has 1 fully saturated rings. The highest BCUT2D eigenvalue weighted by Gasteiger charge is 2.16. The molecule has 2 aromatic rings. The Hall–Kier alpha value is -3.04. The zero-order valence-corrected chi connectivity index (χ0v) is 14.9. The Bertz CT molecular complexity index is 774. The summed E-state index contributed by atoms with van der Waals surface area (Å²) in [4.78, 5) is 12.0. The van der Waals surface area contributed by atoms with Crippen molar-refractivity contribution in [3.8, 4) is 17.6 Å². The van der Waals surface area contributed by atoms with Crippen LogP contribution in [0.5, 0.6) is 11.5 Å². The number of hydrogen-bond acceptors (Lipinski definition) is 6. The Morgan fingerprint density at radius 2 is 1.74 bits per heavy atom. The molecule has 0 spiro atoms. The molecule has 140 valence electrons. The highest BCUT2D eigenvalue weighted by Crippen LogP contribution is 2.17. The van der Waals surface area contributed by atoms with Gasteiger partial charge in [0.2, 0.25) is 0 Å². The van der Waals surface area contributed by atoms with Crippen molar-refractivity contribution in [2.45, 2.75) is 18.9 Å². The second-order valence-electron chi connectivity index (χ2n) is 6.09. The quantitative estimate of drug-likeness (QED) is 0.526. The van der Waals surface area contributed by atoms with Crippen molar-refractivity contribution in [3.05, 3.63) is 59.7 Å². The fourth-order valence-corrected chi connectivity index (χ4v) is 2.66. The minimum absolute atomic E-state index is 0.135. The number of esters is 1. The third-order valence-corrected chi connectivity index (χ3v) is 4.12. The largest absolute Gasteiger partial charge is 0.491 e. The minimum Gasteiger partial charge on any atom is -0.491 e.